The minimum absolute atomic E-state index is 0.00385. The zero-order valence-electron chi connectivity index (χ0n) is 16.1. The standard InChI is InChI=1S/C19H25N7O/c1-11(2)7-8-25(13(4)27)26-10-22-17(12(26)3)19-23-15-6-5-14(18(20)21)9-16(15)24-19/h5-6,9-11H,7-8H2,1-4H3,(H3,20,21)(H,23,24). The number of amides is 1. The average molecular weight is 367 g/mol. The van der Waals surface area contributed by atoms with Gasteiger partial charge in [-0.05, 0) is 37.5 Å². The molecule has 0 aliphatic carbocycles. The van der Waals surface area contributed by atoms with Crippen LogP contribution in [0.1, 0.15) is 38.4 Å². The largest absolute Gasteiger partial charge is 0.384 e. The summed E-state index contributed by atoms with van der Waals surface area (Å²) in [7, 11) is 0. The van der Waals surface area contributed by atoms with Gasteiger partial charge < -0.3 is 10.7 Å². The maximum atomic E-state index is 12.1. The molecule has 0 radical (unpaired) electrons. The first-order valence-corrected chi connectivity index (χ1v) is 8.94. The smallest absolute Gasteiger partial charge is 0.238 e. The highest BCUT2D eigenvalue weighted by molar-refractivity contribution is 5.98. The Balaban J connectivity index is 1.97. The first-order chi connectivity index (χ1) is 12.8. The van der Waals surface area contributed by atoms with E-state index in [2.05, 4.69) is 28.8 Å². The molecule has 8 nitrogen and oxygen atoms in total. The van der Waals surface area contributed by atoms with Crippen LogP contribution in [0.3, 0.4) is 0 Å². The van der Waals surface area contributed by atoms with E-state index >= 15 is 0 Å². The zero-order chi connectivity index (χ0) is 19.7. The monoisotopic (exact) mass is 367 g/mol. The van der Waals surface area contributed by atoms with Crippen LogP contribution < -0.4 is 10.7 Å². The first kappa shape index (κ1) is 18.6. The van der Waals surface area contributed by atoms with Crippen molar-refractivity contribution in [2.24, 2.45) is 11.7 Å². The molecule has 3 aromatic rings. The van der Waals surface area contributed by atoms with Crippen molar-refractivity contribution >= 4 is 22.8 Å². The number of aromatic amines is 1. The number of hydrogen-bond acceptors (Lipinski definition) is 4. The number of nitrogens with two attached hydrogens (primary N) is 1. The predicted molar refractivity (Wildman–Crippen MR) is 106 cm³/mol. The maximum Gasteiger partial charge on any atom is 0.238 e. The highest BCUT2D eigenvalue weighted by atomic mass is 16.2. The normalized spacial score (nSPS) is 11.3. The third-order valence-electron chi connectivity index (χ3n) is 4.54. The van der Waals surface area contributed by atoms with Gasteiger partial charge in [0.2, 0.25) is 5.91 Å². The van der Waals surface area contributed by atoms with Gasteiger partial charge in [-0.3, -0.25) is 10.2 Å². The van der Waals surface area contributed by atoms with Crippen LogP contribution in [0.2, 0.25) is 0 Å². The second-order valence-corrected chi connectivity index (χ2v) is 7.08. The topological polar surface area (TPSA) is 117 Å². The summed E-state index contributed by atoms with van der Waals surface area (Å²) < 4.78 is 1.79. The van der Waals surface area contributed by atoms with Crippen LogP contribution in [0.4, 0.5) is 0 Å². The maximum absolute atomic E-state index is 12.1. The van der Waals surface area contributed by atoms with E-state index in [1.807, 2.05) is 13.0 Å². The van der Waals surface area contributed by atoms with Crippen molar-refractivity contribution in [3.63, 3.8) is 0 Å². The summed E-state index contributed by atoms with van der Waals surface area (Å²) in [5.41, 5.74) is 9.25. The van der Waals surface area contributed by atoms with Gasteiger partial charge in [0, 0.05) is 19.0 Å². The van der Waals surface area contributed by atoms with E-state index in [0.29, 0.717) is 29.5 Å². The molecule has 27 heavy (non-hydrogen) atoms. The molecule has 142 valence electrons. The number of hydrogen-bond donors (Lipinski definition) is 3. The van der Waals surface area contributed by atoms with E-state index < -0.39 is 0 Å². The Kier molecular flexibility index (Phi) is 4.98. The first-order valence-electron chi connectivity index (χ1n) is 8.94. The fraction of sp³-hybridized carbons (Fsp3) is 0.368. The van der Waals surface area contributed by atoms with E-state index in [9.17, 15) is 4.79 Å². The van der Waals surface area contributed by atoms with Crippen LogP contribution in [-0.4, -0.2) is 37.9 Å². The lowest BCUT2D eigenvalue weighted by molar-refractivity contribution is -0.118. The number of nitrogen functional groups attached to an aromatic ring is 1. The molecule has 0 aliphatic heterocycles. The number of carbonyl (C=O) groups is 1. The van der Waals surface area contributed by atoms with E-state index in [1.165, 1.54) is 0 Å². The van der Waals surface area contributed by atoms with Crippen LogP contribution in [0.25, 0.3) is 22.6 Å². The molecule has 8 heteroatoms. The molecule has 1 aromatic carbocycles. The Hall–Kier alpha value is -3.16. The Morgan fingerprint density at radius 3 is 2.78 bits per heavy atom. The van der Waals surface area contributed by atoms with Crippen LogP contribution in [-0.2, 0) is 4.79 Å². The lowest BCUT2D eigenvalue weighted by Crippen LogP contribution is -2.40. The number of H-pyrrole nitrogens is 1. The van der Waals surface area contributed by atoms with Gasteiger partial charge in [-0.2, -0.15) is 0 Å². The number of carbonyl (C=O) groups excluding carboxylic acids is 1. The van der Waals surface area contributed by atoms with E-state index in [4.69, 9.17) is 11.1 Å². The summed E-state index contributed by atoms with van der Waals surface area (Å²) in [6.45, 7) is 8.37. The van der Waals surface area contributed by atoms with Crippen molar-refractivity contribution in [3.8, 4) is 11.5 Å². The van der Waals surface area contributed by atoms with Gasteiger partial charge in [0.25, 0.3) is 0 Å². The van der Waals surface area contributed by atoms with Gasteiger partial charge in [-0.1, -0.05) is 13.8 Å². The SMILES string of the molecule is CC(=O)N(CCC(C)C)n1cnc(-c2nc3cc(C(=N)N)ccc3[nH]2)c1C. The van der Waals surface area contributed by atoms with Gasteiger partial charge in [0.15, 0.2) is 5.82 Å². The highest BCUT2D eigenvalue weighted by Gasteiger charge is 2.19. The molecule has 0 atom stereocenters. The number of benzene rings is 1. The Bertz CT molecular complexity index is 999. The highest BCUT2D eigenvalue weighted by Crippen LogP contribution is 2.23. The molecule has 1 amide bonds. The summed E-state index contributed by atoms with van der Waals surface area (Å²) >= 11 is 0. The van der Waals surface area contributed by atoms with Crippen molar-refractivity contribution < 1.29 is 4.79 Å². The number of fused-ring (bicyclic) bond motifs is 1. The van der Waals surface area contributed by atoms with Crippen LogP contribution in [0, 0.1) is 18.3 Å². The van der Waals surface area contributed by atoms with Crippen molar-refractivity contribution in [2.75, 3.05) is 11.6 Å². The minimum atomic E-state index is -0.0293. The number of nitrogens with zero attached hydrogens (tertiary/aromatic N) is 4. The molecule has 2 aromatic heterocycles. The lowest BCUT2D eigenvalue weighted by atomic mass is 10.1. The average Bonchev–Trinajstić information content (AvgIpc) is 3.17. The fourth-order valence-corrected chi connectivity index (χ4v) is 2.96. The minimum Gasteiger partial charge on any atom is -0.384 e. The van der Waals surface area contributed by atoms with Gasteiger partial charge in [-0.15, -0.1) is 0 Å². The number of rotatable bonds is 6. The van der Waals surface area contributed by atoms with Gasteiger partial charge in [0.05, 0.1) is 16.7 Å². The van der Waals surface area contributed by atoms with Crippen molar-refractivity contribution in [1.82, 2.24) is 19.6 Å². The zero-order valence-corrected chi connectivity index (χ0v) is 16.1. The second kappa shape index (κ2) is 7.22. The summed E-state index contributed by atoms with van der Waals surface area (Å²) in [4.78, 5) is 24.4. The molecule has 0 bridgehead atoms. The van der Waals surface area contributed by atoms with Crippen LogP contribution in [0.15, 0.2) is 24.5 Å². The third-order valence-corrected chi connectivity index (χ3v) is 4.54. The quantitative estimate of drug-likeness (QED) is 0.458. The van der Waals surface area contributed by atoms with Crippen molar-refractivity contribution in [3.05, 3.63) is 35.8 Å². The van der Waals surface area contributed by atoms with Crippen LogP contribution in [0.5, 0.6) is 0 Å². The number of amidine groups is 1. The third kappa shape index (κ3) is 3.69. The van der Waals surface area contributed by atoms with Gasteiger partial charge in [0.1, 0.15) is 17.9 Å². The summed E-state index contributed by atoms with van der Waals surface area (Å²) in [6.07, 6.45) is 2.56. The molecule has 0 aliphatic rings. The molecule has 2 heterocycles. The van der Waals surface area contributed by atoms with E-state index in [-0.39, 0.29) is 11.7 Å². The van der Waals surface area contributed by atoms with Crippen LogP contribution >= 0.6 is 0 Å². The van der Waals surface area contributed by atoms with Crippen molar-refractivity contribution in [1.29, 1.82) is 5.41 Å². The van der Waals surface area contributed by atoms with Gasteiger partial charge in [-0.25, -0.2) is 19.7 Å². The molecule has 0 saturated carbocycles. The lowest BCUT2D eigenvalue weighted by Gasteiger charge is -2.24. The number of imidazole rings is 2. The summed E-state index contributed by atoms with van der Waals surface area (Å²) in [5.74, 6) is 1.10. The van der Waals surface area contributed by atoms with Crippen molar-refractivity contribution in [2.45, 2.75) is 34.1 Å². The molecule has 4 N–H and O–H groups in total. The van der Waals surface area contributed by atoms with E-state index in [1.54, 1.807) is 35.1 Å². The Morgan fingerprint density at radius 1 is 1.41 bits per heavy atom. The second-order valence-electron chi connectivity index (χ2n) is 7.08. The Labute approximate surface area is 157 Å². The number of aromatic nitrogens is 4. The fourth-order valence-electron chi connectivity index (χ4n) is 2.96. The summed E-state index contributed by atoms with van der Waals surface area (Å²) in [6, 6.07) is 5.40. The number of nitrogens with one attached hydrogen (secondary N) is 2. The molecular formula is C19H25N7O. The molecule has 3 rings (SSSR count). The van der Waals surface area contributed by atoms with Gasteiger partial charge >= 0.3 is 0 Å². The molecular weight excluding hydrogens is 342 g/mol. The molecule has 0 unspecified atom stereocenters. The predicted octanol–water partition coefficient (Wildman–Crippen LogP) is 2.55. The van der Waals surface area contributed by atoms with E-state index in [0.717, 1.165) is 23.1 Å². The Morgan fingerprint density at radius 2 is 2.15 bits per heavy atom. The molecule has 0 saturated heterocycles. The summed E-state index contributed by atoms with van der Waals surface area (Å²) in [5, 5.41) is 9.26. The molecule has 0 fully saturated rings. The molecule has 0 spiro atoms.